The van der Waals surface area contributed by atoms with Crippen LogP contribution in [0, 0.1) is 11.3 Å². The van der Waals surface area contributed by atoms with E-state index in [1.165, 1.54) is 28.7 Å². The SMILES string of the molecule is N#Cc1c(NC(=O)CSc2cccc(NC(=O)/C(=C\c3ccc(-c4ccccc4)cc3)NC(=O)c3ccccc3)c2)sc2c1CCN(Cc1ccccc1)C2. The van der Waals surface area contributed by atoms with Crippen LogP contribution >= 0.6 is 23.1 Å². The maximum atomic E-state index is 13.7. The number of thioether (sulfide) groups is 1. The second-order valence-corrected chi connectivity index (χ2v) is 15.1. The number of hydrogen-bond donors (Lipinski definition) is 3. The molecule has 3 amide bonds. The first-order valence-corrected chi connectivity index (χ1v) is 19.6. The standard InChI is InChI=1S/C45H37N5O3S2/c46-27-39-38-23-24-50(28-32-11-4-1-5-12-32)29-41(38)55-45(39)49-42(51)30-54-37-18-10-17-36(26-37)47-44(53)40(48-43(52)35-15-8-3-9-16-35)25-31-19-21-34(22-20-31)33-13-6-2-7-14-33/h1-22,25-26H,23-24,28-30H2,(H,47,53)(H,48,52)(H,49,51)/b40-25+. The molecule has 0 saturated carbocycles. The molecule has 272 valence electrons. The summed E-state index contributed by atoms with van der Waals surface area (Å²) in [7, 11) is 0. The van der Waals surface area contributed by atoms with Gasteiger partial charge in [0.2, 0.25) is 5.91 Å². The van der Waals surface area contributed by atoms with E-state index in [1.54, 1.807) is 48.5 Å². The molecule has 2 heterocycles. The number of carbonyl (C=O) groups excluding carboxylic acids is 3. The molecule has 0 aliphatic carbocycles. The predicted molar refractivity (Wildman–Crippen MR) is 221 cm³/mol. The molecule has 0 unspecified atom stereocenters. The Morgan fingerprint density at radius 2 is 1.49 bits per heavy atom. The predicted octanol–water partition coefficient (Wildman–Crippen LogP) is 8.99. The average molecular weight is 760 g/mol. The lowest BCUT2D eigenvalue weighted by molar-refractivity contribution is -0.114. The number of fused-ring (bicyclic) bond motifs is 1. The van der Waals surface area contributed by atoms with Crippen molar-refractivity contribution in [3.05, 3.63) is 178 Å². The molecule has 1 aliphatic heterocycles. The van der Waals surface area contributed by atoms with Gasteiger partial charge in [0.05, 0.1) is 11.3 Å². The summed E-state index contributed by atoms with van der Waals surface area (Å²) >= 11 is 2.80. The van der Waals surface area contributed by atoms with E-state index in [0.29, 0.717) is 21.8 Å². The monoisotopic (exact) mass is 759 g/mol. The minimum Gasteiger partial charge on any atom is -0.321 e. The fourth-order valence-corrected chi connectivity index (χ4v) is 8.34. The normalized spacial score (nSPS) is 12.6. The van der Waals surface area contributed by atoms with Crippen molar-refractivity contribution in [3.63, 3.8) is 0 Å². The number of carbonyl (C=O) groups is 3. The highest BCUT2D eigenvalue weighted by atomic mass is 32.2. The van der Waals surface area contributed by atoms with Crippen LogP contribution in [0.15, 0.2) is 150 Å². The van der Waals surface area contributed by atoms with Gasteiger partial charge in [0.25, 0.3) is 11.8 Å². The molecule has 8 nitrogen and oxygen atoms in total. The summed E-state index contributed by atoms with van der Waals surface area (Å²) in [6.45, 7) is 2.42. The zero-order chi connectivity index (χ0) is 38.0. The van der Waals surface area contributed by atoms with Gasteiger partial charge in [-0.25, -0.2) is 0 Å². The largest absolute Gasteiger partial charge is 0.321 e. The number of hydrogen-bond acceptors (Lipinski definition) is 7. The number of anilines is 2. The van der Waals surface area contributed by atoms with Crippen LogP contribution in [0.1, 0.15) is 37.5 Å². The molecule has 55 heavy (non-hydrogen) atoms. The molecule has 1 aromatic heterocycles. The number of rotatable bonds is 12. The molecule has 0 saturated heterocycles. The van der Waals surface area contributed by atoms with Gasteiger partial charge in [-0.1, -0.05) is 109 Å². The summed E-state index contributed by atoms with van der Waals surface area (Å²) in [6.07, 6.45) is 2.41. The van der Waals surface area contributed by atoms with Crippen LogP contribution in [-0.2, 0) is 29.1 Å². The molecule has 0 bridgehead atoms. The van der Waals surface area contributed by atoms with Gasteiger partial charge in [-0.05, 0) is 70.6 Å². The van der Waals surface area contributed by atoms with E-state index < -0.39 is 11.8 Å². The summed E-state index contributed by atoms with van der Waals surface area (Å²) in [6, 6.07) is 46.3. The molecule has 0 atom stereocenters. The Kier molecular flexibility index (Phi) is 11.9. The zero-order valence-electron chi connectivity index (χ0n) is 29.8. The third-order valence-electron chi connectivity index (χ3n) is 9.07. The number of benzene rings is 5. The third-order valence-corrected chi connectivity index (χ3v) is 11.2. The van der Waals surface area contributed by atoms with Gasteiger partial charge < -0.3 is 16.0 Å². The van der Waals surface area contributed by atoms with Crippen LogP contribution in [0.25, 0.3) is 17.2 Å². The van der Waals surface area contributed by atoms with Gasteiger partial charge >= 0.3 is 0 Å². The van der Waals surface area contributed by atoms with Crippen molar-refractivity contribution < 1.29 is 14.4 Å². The van der Waals surface area contributed by atoms with E-state index in [-0.39, 0.29) is 17.4 Å². The number of nitriles is 1. The molecular weight excluding hydrogens is 723 g/mol. The zero-order valence-corrected chi connectivity index (χ0v) is 31.5. The number of amides is 3. The minimum atomic E-state index is -0.496. The molecule has 10 heteroatoms. The summed E-state index contributed by atoms with van der Waals surface area (Å²) in [5, 5.41) is 19.3. The summed E-state index contributed by atoms with van der Waals surface area (Å²) in [5.74, 6) is -1.01. The van der Waals surface area contributed by atoms with E-state index in [1.807, 2.05) is 84.9 Å². The Bertz CT molecular complexity index is 2370. The maximum absolute atomic E-state index is 13.7. The van der Waals surface area contributed by atoms with Gasteiger partial charge in [-0.3, -0.25) is 19.3 Å². The summed E-state index contributed by atoms with van der Waals surface area (Å²) in [5.41, 5.74) is 6.68. The van der Waals surface area contributed by atoms with Crippen LogP contribution in [0.3, 0.4) is 0 Å². The van der Waals surface area contributed by atoms with E-state index in [4.69, 9.17) is 0 Å². The lowest BCUT2D eigenvalue weighted by Crippen LogP contribution is -2.30. The third kappa shape index (κ3) is 9.65. The van der Waals surface area contributed by atoms with Gasteiger partial charge in [0.1, 0.15) is 16.8 Å². The molecule has 7 rings (SSSR count). The first-order chi connectivity index (χ1) is 26.9. The smallest absolute Gasteiger partial charge is 0.272 e. The van der Waals surface area contributed by atoms with E-state index in [0.717, 1.165) is 58.1 Å². The fourth-order valence-electron chi connectivity index (χ4n) is 6.32. The van der Waals surface area contributed by atoms with Crippen LogP contribution < -0.4 is 16.0 Å². The average Bonchev–Trinajstić information content (AvgIpc) is 3.57. The van der Waals surface area contributed by atoms with Crippen molar-refractivity contribution in [1.29, 1.82) is 5.26 Å². The Morgan fingerprint density at radius 1 is 0.800 bits per heavy atom. The Morgan fingerprint density at radius 3 is 2.22 bits per heavy atom. The van der Waals surface area contributed by atoms with Crippen molar-refractivity contribution in [1.82, 2.24) is 10.2 Å². The van der Waals surface area contributed by atoms with Crippen LogP contribution in [0.2, 0.25) is 0 Å². The second-order valence-electron chi connectivity index (χ2n) is 13.0. The molecule has 0 spiro atoms. The minimum absolute atomic E-state index is 0.0777. The van der Waals surface area contributed by atoms with Crippen molar-refractivity contribution in [2.75, 3.05) is 22.9 Å². The first kappa shape index (κ1) is 37.1. The fraction of sp³-hybridized carbons (Fsp3) is 0.111. The molecule has 3 N–H and O–H groups in total. The molecule has 6 aromatic rings. The first-order valence-electron chi connectivity index (χ1n) is 17.8. The van der Waals surface area contributed by atoms with E-state index >= 15 is 0 Å². The Labute approximate surface area is 328 Å². The molecule has 5 aromatic carbocycles. The Balaban J connectivity index is 1.000. The molecule has 1 aliphatic rings. The van der Waals surface area contributed by atoms with Gasteiger partial charge in [0.15, 0.2) is 0 Å². The molecule has 0 radical (unpaired) electrons. The van der Waals surface area contributed by atoms with Crippen LogP contribution in [-0.4, -0.2) is 34.9 Å². The molecular formula is C45H37N5O3S2. The highest BCUT2D eigenvalue weighted by Crippen LogP contribution is 2.37. The Hall–Kier alpha value is -6.25. The van der Waals surface area contributed by atoms with E-state index in [9.17, 15) is 19.6 Å². The van der Waals surface area contributed by atoms with Crippen molar-refractivity contribution in [3.8, 4) is 17.2 Å². The van der Waals surface area contributed by atoms with Gasteiger partial charge in [-0.2, -0.15) is 5.26 Å². The van der Waals surface area contributed by atoms with Crippen LogP contribution in [0.4, 0.5) is 10.7 Å². The maximum Gasteiger partial charge on any atom is 0.272 e. The number of nitrogens with one attached hydrogen (secondary N) is 3. The van der Waals surface area contributed by atoms with Gasteiger partial charge in [-0.15, -0.1) is 23.1 Å². The molecule has 0 fully saturated rings. The van der Waals surface area contributed by atoms with Crippen molar-refractivity contribution >= 4 is 57.6 Å². The quantitative estimate of drug-likeness (QED) is 0.0848. The lowest BCUT2D eigenvalue weighted by atomic mass is 10.0. The topological polar surface area (TPSA) is 114 Å². The van der Waals surface area contributed by atoms with Crippen molar-refractivity contribution in [2.24, 2.45) is 0 Å². The second kappa shape index (κ2) is 17.7. The highest BCUT2D eigenvalue weighted by molar-refractivity contribution is 8.00. The summed E-state index contributed by atoms with van der Waals surface area (Å²) < 4.78 is 0. The van der Waals surface area contributed by atoms with E-state index in [2.05, 4.69) is 39.1 Å². The lowest BCUT2D eigenvalue weighted by Gasteiger charge is -2.26. The number of nitrogens with zero attached hydrogens (tertiary/aromatic N) is 2. The summed E-state index contributed by atoms with van der Waals surface area (Å²) in [4.78, 5) is 44.3. The van der Waals surface area contributed by atoms with Crippen LogP contribution in [0.5, 0.6) is 0 Å². The van der Waals surface area contributed by atoms with Crippen molar-refractivity contribution in [2.45, 2.75) is 24.4 Å². The highest BCUT2D eigenvalue weighted by Gasteiger charge is 2.25. The number of thiophene rings is 1. The van der Waals surface area contributed by atoms with Gasteiger partial charge in [0, 0.05) is 40.7 Å².